The van der Waals surface area contributed by atoms with E-state index in [2.05, 4.69) is 37.5 Å². The van der Waals surface area contributed by atoms with Crippen molar-refractivity contribution in [2.24, 2.45) is 7.05 Å². The second-order valence-electron chi connectivity index (χ2n) is 6.58. The van der Waals surface area contributed by atoms with E-state index >= 15 is 0 Å². The molecule has 0 spiro atoms. The molecule has 8 heteroatoms. The Bertz CT molecular complexity index is 898. The summed E-state index contributed by atoms with van der Waals surface area (Å²) in [5.41, 5.74) is 2.12. The summed E-state index contributed by atoms with van der Waals surface area (Å²) in [5, 5.41) is 12.2. The zero-order valence-corrected chi connectivity index (χ0v) is 17.1. The average molecular weight is 397 g/mol. The van der Waals surface area contributed by atoms with Crippen LogP contribution in [-0.2, 0) is 11.8 Å². The molecule has 0 unspecified atom stereocenters. The Kier molecular flexibility index (Phi) is 6.78. The van der Waals surface area contributed by atoms with Crippen molar-refractivity contribution in [2.45, 2.75) is 11.2 Å². The van der Waals surface area contributed by atoms with E-state index < -0.39 is 0 Å². The maximum absolute atomic E-state index is 12.3. The molecule has 7 nitrogen and oxygen atoms in total. The zero-order valence-electron chi connectivity index (χ0n) is 16.2. The molecule has 1 N–H and O–H groups in total. The normalized spacial score (nSPS) is 12.1. The topological polar surface area (TPSA) is 75.9 Å². The second-order valence-corrected chi connectivity index (χ2v) is 7.53. The largest absolute Gasteiger partial charge is 0.353 e. The average Bonchev–Trinajstić information content (AvgIpc) is 3.08. The van der Waals surface area contributed by atoms with Crippen molar-refractivity contribution in [2.75, 3.05) is 26.4 Å². The van der Waals surface area contributed by atoms with Gasteiger partial charge in [-0.05, 0) is 31.8 Å². The summed E-state index contributed by atoms with van der Waals surface area (Å²) in [4.78, 5) is 18.5. The lowest BCUT2D eigenvalue weighted by molar-refractivity contribution is -0.118. The number of carbonyl (C=O) groups is 1. The van der Waals surface area contributed by atoms with Crippen molar-refractivity contribution in [1.29, 1.82) is 0 Å². The minimum Gasteiger partial charge on any atom is -0.353 e. The van der Waals surface area contributed by atoms with Gasteiger partial charge in [0.05, 0.1) is 11.8 Å². The first-order valence-electron chi connectivity index (χ1n) is 8.97. The van der Waals surface area contributed by atoms with Gasteiger partial charge in [-0.15, -0.1) is 10.2 Å². The number of aromatic nitrogens is 4. The van der Waals surface area contributed by atoms with Gasteiger partial charge < -0.3 is 14.8 Å². The van der Waals surface area contributed by atoms with E-state index in [-0.39, 0.29) is 17.7 Å². The molecule has 0 aliphatic carbocycles. The second kappa shape index (κ2) is 9.48. The van der Waals surface area contributed by atoms with Crippen LogP contribution in [0.25, 0.3) is 11.4 Å². The fraction of sp³-hybridized carbons (Fsp3) is 0.300. The molecule has 3 aromatic rings. The number of pyridine rings is 1. The smallest absolute Gasteiger partial charge is 0.230 e. The fourth-order valence-corrected chi connectivity index (χ4v) is 3.60. The van der Waals surface area contributed by atoms with Gasteiger partial charge in [-0.25, -0.2) is 0 Å². The Hall–Kier alpha value is -2.71. The van der Waals surface area contributed by atoms with Crippen LogP contribution in [0.1, 0.15) is 11.6 Å². The Labute approximate surface area is 169 Å². The van der Waals surface area contributed by atoms with Crippen LogP contribution in [0.2, 0.25) is 0 Å². The molecule has 146 valence electrons. The number of hydrogen-bond donors (Lipinski definition) is 1. The summed E-state index contributed by atoms with van der Waals surface area (Å²) < 4.78 is 1.89. The molecule has 0 bridgehead atoms. The predicted molar refractivity (Wildman–Crippen MR) is 111 cm³/mol. The standard InChI is InChI=1S/C20H24N6OS/c1-25(2)17(15-7-5-4-6-8-15)13-22-18(27)14-28-20-24-23-19(26(20)3)16-9-11-21-12-10-16/h4-12,17H,13-14H2,1-3H3,(H,22,27)/t17-/m0/s1. The van der Waals surface area contributed by atoms with Gasteiger partial charge in [0.1, 0.15) is 0 Å². The van der Waals surface area contributed by atoms with Crippen LogP contribution in [0.5, 0.6) is 0 Å². The molecule has 1 amide bonds. The van der Waals surface area contributed by atoms with Crippen molar-refractivity contribution in [3.05, 3.63) is 60.4 Å². The van der Waals surface area contributed by atoms with Crippen molar-refractivity contribution in [3.8, 4) is 11.4 Å². The first kappa shape index (κ1) is 20.0. The van der Waals surface area contributed by atoms with E-state index in [0.717, 1.165) is 11.4 Å². The highest BCUT2D eigenvalue weighted by Crippen LogP contribution is 2.22. The summed E-state index contributed by atoms with van der Waals surface area (Å²) in [6.45, 7) is 0.553. The van der Waals surface area contributed by atoms with Gasteiger partial charge in [0.2, 0.25) is 5.91 Å². The molecule has 0 aliphatic rings. The van der Waals surface area contributed by atoms with E-state index in [1.807, 2.05) is 56.0 Å². The highest BCUT2D eigenvalue weighted by Gasteiger charge is 2.16. The van der Waals surface area contributed by atoms with Crippen molar-refractivity contribution < 1.29 is 4.79 Å². The molecule has 0 saturated carbocycles. The lowest BCUT2D eigenvalue weighted by Gasteiger charge is -2.25. The van der Waals surface area contributed by atoms with Crippen LogP contribution in [0.4, 0.5) is 0 Å². The maximum Gasteiger partial charge on any atom is 0.230 e. The van der Waals surface area contributed by atoms with Crippen LogP contribution >= 0.6 is 11.8 Å². The number of benzene rings is 1. The molecule has 0 fully saturated rings. The van der Waals surface area contributed by atoms with Gasteiger partial charge >= 0.3 is 0 Å². The number of nitrogens with zero attached hydrogens (tertiary/aromatic N) is 5. The lowest BCUT2D eigenvalue weighted by atomic mass is 10.1. The minimum atomic E-state index is -0.0266. The number of hydrogen-bond acceptors (Lipinski definition) is 6. The third-order valence-corrected chi connectivity index (χ3v) is 5.43. The molecular weight excluding hydrogens is 372 g/mol. The Balaban J connectivity index is 1.55. The SMILES string of the molecule is CN(C)[C@@H](CNC(=O)CSc1nnc(-c2ccncc2)n1C)c1ccccc1. The van der Waals surface area contributed by atoms with Crippen LogP contribution < -0.4 is 5.32 Å². The quantitative estimate of drug-likeness (QED) is 0.589. The summed E-state index contributed by atoms with van der Waals surface area (Å²) in [5.74, 6) is 1.01. The zero-order chi connectivity index (χ0) is 19.9. The molecule has 3 rings (SSSR count). The molecular formula is C20H24N6OS. The molecule has 0 aliphatic heterocycles. The fourth-order valence-electron chi connectivity index (χ4n) is 2.86. The van der Waals surface area contributed by atoms with Crippen LogP contribution in [0.15, 0.2) is 60.0 Å². The maximum atomic E-state index is 12.3. The van der Waals surface area contributed by atoms with E-state index in [4.69, 9.17) is 0 Å². The summed E-state index contributed by atoms with van der Waals surface area (Å²) in [7, 11) is 5.92. The molecule has 0 saturated heterocycles. The van der Waals surface area contributed by atoms with Crippen molar-refractivity contribution in [3.63, 3.8) is 0 Å². The monoisotopic (exact) mass is 396 g/mol. The van der Waals surface area contributed by atoms with E-state index in [1.54, 1.807) is 12.4 Å². The first-order valence-corrected chi connectivity index (χ1v) is 9.95. The number of nitrogens with one attached hydrogen (secondary N) is 1. The number of rotatable bonds is 8. The Morgan fingerprint density at radius 1 is 1.14 bits per heavy atom. The summed E-state index contributed by atoms with van der Waals surface area (Å²) in [6.07, 6.45) is 3.44. The predicted octanol–water partition coefficient (Wildman–Crippen LogP) is 2.39. The van der Waals surface area contributed by atoms with Crippen LogP contribution in [0.3, 0.4) is 0 Å². The van der Waals surface area contributed by atoms with E-state index in [9.17, 15) is 4.79 Å². The van der Waals surface area contributed by atoms with Gasteiger partial charge in [-0.3, -0.25) is 9.78 Å². The molecule has 1 atom stereocenters. The van der Waals surface area contributed by atoms with Crippen LogP contribution in [0, 0.1) is 0 Å². The van der Waals surface area contributed by atoms with Crippen LogP contribution in [-0.4, -0.2) is 56.9 Å². The Morgan fingerprint density at radius 2 is 1.86 bits per heavy atom. The Morgan fingerprint density at radius 3 is 2.54 bits per heavy atom. The molecule has 1 aromatic carbocycles. The van der Waals surface area contributed by atoms with Gasteiger partial charge in [0, 0.05) is 31.5 Å². The van der Waals surface area contributed by atoms with Gasteiger partial charge in [-0.1, -0.05) is 42.1 Å². The highest BCUT2D eigenvalue weighted by atomic mass is 32.2. The van der Waals surface area contributed by atoms with Crippen molar-refractivity contribution in [1.82, 2.24) is 30.0 Å². The number of carbonyl (C=O) groups excluding carboxylic acids is 1. The minimum absolute atomic E-state index is 0.0266. The van der Waals surface area contributed by atoms with Gasteiger partial charge in [0.15, 0.2) is 11.0 Å². The first-order chi connectivity index (χ1) is 13.6. The summed E-state index contributed by atoms with van der Waals surface area (Å²) in [6, 6.07) is 14.1. The third-order valence-electron chi connectivity index (χ3n) is 4.41. The lowest BCUT2D eigenvalue weighted by Crippen LogP contribution is -2.35. The molecule has 0 radical (unpaired) electrons. The summed E-state index contributed by atoms with van der Waals surface area (Å²) >= 11 is 1.37. The molecule has 2 heterocycles. The highest BCUT2D eigenvalue weighted by molar-refractivity contribution is 7.99. The molecule has 2 aromatic heterocycles. The van der Waals surface area contributed by atoms with Gasteiger partial charge in [-0.2, -0.15) is 0 Å². The van der Waals surface area contributed by atoms with E-state index in [1.165, 1.54) is 17.3 Å². The van der Waals surface area contributed by atoms with E-state index in [0.29, 0.717) is 11.7 Å². The van der Waals surface area contributed by atoms with Gasteiger partial charge in [0.25, 0.3) is 0 Å². The number of amides is 1. The molecule has 28 heavy (non-hydrogen) atoms. The third kappa shape index (κ3) is 4.96. The van der Waals surface area contributed by atoms with Crippen molar-refractivity contribution >= 4 is 17.7 Å². The number of thioether (sulfide) groups is 1. The number of likely N-dealkylation sites (N-methyl/N-ethyl adjacent to an activating group) is 1.